The maximum Gasteiger partial charge on any atom is 0.142 e. The van der Waals surface area contributed by atoms with Crippen LogP contribution in [-0.4, -0.2) is 14.7 Å². The van der Waals surface area contributed by atoms with Gasteiger partial charge in [-0.25, -0.2) is 4.98 Å². The van der Waals surface area contributed by atoms with Gasteiger partial charge in [0.15, 0.2) is 0 Å². The molecule has 1 heterocycles. The molecule has 0 aromatic carbocycles. The highest BCUT2D eigenvalue weighted by atomic mass is 35.5. The molecule has 0 fully saturated rings. The van der Waals surface area contributed by atoms with Gasteiger partial charge in [-0.15, -0.1) is 11.6 Å². The predicted octanol–water partition coefficient (Wildman–Crippen LogP) is 3.05. The summed E-state index contributed by atoms with van der Waals surface area (Å²) in [5, 5.41) is 1.30. The van der Waals surface area contributed by atoms with Crippen LogP contribution < -0.4 is 0 Å². The lowest BCUT2D eigenvalue weighted by atomic mass is 10.2. The lowest BCUT2D eigenvalue weighted by Gasteiger charge is -2.03. The molecule has 0 aliphatic carbocycles. The van der Waals surface area contributed by atoms with Crippen molar-refractivity contribution in [3.05, 3.63) is 10.8 Å². The molecular formula is C9H15ClN2S. The molecule has 0 radical (unpaired) electrons. The van der Waals surface area contributed by atoms with Gasteiger partial charge in [0.25, 0.3) is 0 Å². The van der Waals surface area contributed by atoms with Crippen LogP contribution in [0, 0.1) is 0 Å². The Hall–Kier alpha value is -0.150. The Balaban J connectivity index is 2.44. The van der Waals surface area contributed by atoms with E-state index in [1.807, 2.05) is 0 Å². The minimum Gasteiger partial charge on any atom is -0.225 e. The predicted molar refractivity (Wildman–Crippen MR) is 57.5 cm³/mol. The van der Waals surface area contributed by atoms with Gasteiger partial charge in [-0.1, -0.05) is 20.3 Å². The molecule has 4 heteroatoms. The van der Waals surface area contributed by atoms with Gasteiger partial charge in [0.05, 0.1) is 0 Å². The summed E-state index contributed by atoms with van der Waals surface area (Å²) in [6.45, 7) is 4.21. The third-order valence-corrected chi connectivity index (χ3v) is 2.97. The summed E-state index contributed by atoms with van der Waals surface area (Å²) >= 11 is 7.59. The third-order valence-electron chi connectivity index (χ3n) is 1.82. The molecule has 1 atom stereocenters. The molecule has 1 aromatic heterocycles. The van der Waals surface area contributed by atoms with Crippen LogP contribution >= 0.6 is 23.1 Å². The smallest absolute Gasteiger partial charge is 0.142 e. The summed E-state index contributed by atoms with van der Waals surface area (Å²) in [6.07, 6.45) is 3.97. The van der Waals surface area contributed by atoms with E-state index >= 15 is 0 Å². The second-order valence-corrected chi connectivity index (χ2v) is 4.50. The summed E-state index contributed by atoms with van der Waals surface area (Å²) in [4.78, 5) is 4.37. The van der Waals surface area contributed by atoms with Gasteiger partial charge in [-0.05, 0) is 18.0 Å². The highest BCUT2D eigenvalue weighted by molar-refractivity contribution is 7.05. The van der Waals surface area contributed by atoms with Crippen LogP contribution in [0.15, 0.2) is 0 Å². The normalized spacial score (nSPS) is 13.2. The fourth-order valence-corrected chi connectivity index (χ4v) is 2.38. The summed E-state index contributed by atoms with van der Waals surface area (Å²) in [5.74, 6) is 0.945. The van der Waals surface area contributed by atoms with E-state index in [0.717, 1.165) is 36.5 Å². The van der Waals surface area contributed by atoms with E-state index in [1.54, 1.807) is 0 Å². The van der Waals surface area contributed by atoms with Crippen molar-refractivity contribution in [1.82, 2.24) is 9.36 Å². The Morgan fingerprint density at radius 3 is 2.77 bits per heavy atom. The first-order chi connectivity index (χ1) is 6.26. The average Bonchev–Trinajstić information content (AvgIpc) is 2.52. The lowest BCUT2D eigenvalue weighted by molar-refractivity contribution is 0.722. The van der Waals surface area contributed by atoms with Crippen molar-refractivity contribution in [3.63, 3.8) is 0 Å². The fourth-order valence-electron chi connectivity index (χ4n) is 1.12. The van der Waals surface area contributed by atoms with Crippen LogP contribution in [0.5, 0.6) is 0 Å². The molecule has 0 spiro atoms. The van der Waals surface area contributed by atoms with Crippen molar-refractivity contribution < 1.29 is 0 Å². The molecule has 0 amide bonds. The average molecular weight is 219 g/mol. The molecule has 0 N–H and O–H groups in total. The summed E-state index contributed by atoms with van der Waals surface area (Å²) < 4.78 is 4.22. The monoisotopic (exact) mass is 218 g/mol. The van der Waals surface area contributed by atoms with Crippen molar-refractivity contribution in [2.45, 2.75) is 44.9 Å². The van der Waals surface area contributed by atoms with Crippen molar-refractivity contribution in [1.29, 1.82) is 0 Å². The zero-order valence-corrected chi connectivity index (χ0v) is 9.66. The van der Waals surface area contributed by atoms with Crippen LogP contribution in [0.2, 0.25) is 0 Å². The number of hydrogen-bond acceptors (Lipinski definition) is 3. The summed E-state index contributed by atoms with van der Waals surface area (Å²) in [6, 6.07) is 0. The fraction of sp³-hybridized carbons (Fsp3) is 0.778. The standard InChI is InChI=1S/C9H15ClN2S/c1-3-5-7(10)6-9-11-8(4-2)12-13-9/h7H,3-6H2,1-2H3. The highest BCUT2D eigenvalue weighted by Crippen LogP contribution is 2.14. The van der Waals surface area contributed by atoms with Crippen LogP contribution in [0.4, 0.5) is 0 Å². The van der Waals surface area contributed by atoms with E-state index in [-0.39, 0.29) is 5.38 Å². The number of rotatable bonds is 5. The zero-order valence-electron chi connectivity index (χ0n) is 8.09. The Morgan fingerprint density at radius 2 is 2.23 bits per heavy atom. The lowest BCUT2D eigenvalue weighted by Crippen LogP contribution is -2.02. The first kappa shape index (κ1) is 10.9. The minimum absolute atomic E-state index is 0.225. The molecule has 1 unspecified atom stereocenters. The Bertz CT molecular complexity index is 250. The van der Waals surface area contributed by atoms with Crippen molar-refractivity contribution in [2.24, 2.45) is 0 Å². The highest BCUT2D eigenvalue weighted by Gasteiger charge is 2.08. The number of nitrogens with zero attached hydrogens (tertiary/aromatic N) is 2. The first-order valence-electron chi connectivity index (χ1n) is 4.71. The molecule has 0 aliphatic heterocycles. The van der Waals surface area contributed by atoms with E-state index in [4.69, 9.17) is 11.6 Å². The number of alkyl halides is 1. The summed E-state index contributed by atoms with van der Waals surface area (Å²) in [7, 11) is 0. The maximum absolute atomic E-state index is 6.11. The molecule has 0 bridgehead atoms. The Morgan fingerprint density at radius 1 is 1.46 bits per heavy atom. The van der Waals surface area contributed by atoms with E-state index < -0.39 is 0 Å². The van der Waals surface area contributed by atoms with Gasteiger partial charge in [0, 0.05) is 18.2 Å². The first-order valence-corrected chi connectivity index (χ1v) is 5.92. The number of hydrogen-bond donors (Lipinski definition) is 0. The van der Waals surface area contributed by atoms with E-state index in [0.29, 0.717) is 0 Å². The Labute approximate surface area is 88.5 Å². The molecule has 0 saturated carbocycles. The van der Waals surface area contributed by atoms with E-state index in [2.05, 4.69) is 23.2 Å². The van der Waals surface area contributed by atoms with Crippen molar-refractivity contribution >= 4 is 23.1 Å². The minimum atomic E-state index is 0.225. The van der Waals surface area contributed by atoms with Gasteiger partial charge in [0.2, 0.25) is 0 Å². The molecule has 2 nitrogen and oxygen atoms in total. The molecular weight excluding hydrogens is 204 g/mol. The number of aryl methyl sites for hydroxylation is 1. The van der Waals surface area contributed by atoms with E-state index in [9.17, 15) is 0 Å². The van der Waals surface area contributed by atoms with Crippen LogP contribution in [0.25, 0.3) is 0 Å². The number of aromatic nitrogens is 2. The van der Waals surface area contributed by atoms with Crippen molar-refractivity contribution in [3.8, 4) is 0 Å². The Kier molecular flexibility index (Phi) is 4.67. The van der Waals surface area contributed by atoms with E-state index in [1.165, 1.54) is 11.5 Å². The second-order valence-electron chi connectivity index (χ2n) is 3.05. The maximum atomic E-state index is 6.11. The molecule has 13 heavy (non-hydrogen) atoms. The van der Waals surface area contributed by atoms with Gasteiger partial charge >= 0.3 is 0 Å². The van der Waals surface area contributed by atoms with Gasteiger partial charge in [0.1, 0.15) is 10.8 Å². The molecule has 74 valence electrons. The number of halogens is 1. The van der Waals surface area contributed by atoms with Crippen LogP contribution in [0.1, 0.15) is 37.5 Å². The van der Waals surface area contributed by atoms with Crippen LogP contribution in [-0.2, 0) is 12.8 Å². The molecule has 0 aliphatic rings. The molecule has 1 rings (SSSR count). The molecule has 1 aromatic rings. The largest absolute Gasteiger partial charge is 0.225 e. The van der Waals surface area contributed by atoms with Crippen LogP contribution in [0.3, 0.4) is 0 Å². The zero-order chi connectivity index (χ0) is 9.68. The van der Waals surface area contributed by atoms with Gasteiger partial charge in [-0.2, -0.15) is 4.37 Å². The van der Waals surface area contributed by atoms with Gasteiger partial charge in [-0.3, -0.25) is 0 Å². The summed E-state index contributed by atoms with van der Waals surface area (Å²) in [5.41, 5.74) is 0. The SMILES string of the molecule is CCCC(Cl)Cc1nc(CC)ns1. The quantitative estimate of drug-likeness (QED) is 0.710. The topological polar surface area (TPSA) is 25.8 Å². The third kappa shape index (κ3) is 3.61. The second kappa shape index (κ2) is 5.55. The van der Waals surface area contributed by atoms with Gasteiger partial charge < -0.3 is 0 Å². The van der Waals surface area contributed by atoms with Crippen molar-refractivity contribution in [2.75, 3.05) is 0 Å². The molecule has 0 saturated heterocycles.